The monoisotopic (exact) mass is 350 g/mol. The Balaban J connectivity index is 2.93. The standard InChI is InChI=1S/C12H19BrN2O3S/c1-9-7-10(13)8-11(19(14,16)17)12(9)18-6-4-5-15(2)3/h7-8H,4-6H2,1-3H3,(H2,14,16,17). The maximum atomic E-state index is 11.6. The second-order valence-corrected chi connectivity index (χ2v) is 7.05. The van der Waals surface area contributed by atoms with Gasteiger partial charge in [0.1, 0.15) is 10.6 Å². The minimum absolute atomic E-state index is 0.0178. The number of sulfonamides is 1. The first-order chi connectivity index (χ1) is 8.71. The highest BCUT2D eigenvalue weighted by Gasteiger charge is 2.18. The number of ether oxygens (including phenoxy) is 1. The van der Waals surface area contributed by atoms with Crippen LogP contribution in [0.15, 0.2) is 21.5 Å². The van der Waals surface area contributed by atoms with Crippen molar-refractivity contribution in [3.05, 3.63) is 22.2 Å². The van der Waals surface area contributed by atoms with Gasteiger partial charge >= 0.3 is 0 Å². The van der Waals surface area contributed by atoms with Crippen LogP contribution < -0.4 is 9.88 Å². The first-order valence-corrected chi connectivity index (χ1v) is 8.16. The van der Waals surface area contributed by atoms with Crippen molar-refractivity contribution < 1.29 is 13.2 Å². The fraction of sp³-hybridized carbons (Fsp3) is 0.500. The molecule has 0 saturated carbocycles. The number of nitrogens with two attached hydrogens (primary N) is 1. The zero-order valence-electron chi connectivity index (χ0n) is 11.3. The Hall–Kier alpha value is -0.630. The molecule has 0 amide bonds. The first-order valence-electron chi connectivity index (χ1n) is 5.82. The summed E-state index contributed by atoms with van der Waals surface area (Å²) < 4.78 is 29.4. The highest BCUT2D eigenvalue weighted by Crippen LogP contribution is 2.30. The zero-order chi connectivity index (χ0) is 14.6. The maximum Gasteiger partial charge on any atom is 0.241 e. The molecule has 0 aromatic heterocycles. The van der Waals surface area contributed by atoms with E-state index < -0.39 is 10.0 Å². The van der Waals surface area contributed by atoms with Gasteiger partial charge in [0.25, 0.3) is 0 Å². The molecule has 2 N–H and O–H groups in total. The van der Waals surface area contributed by atoms with Crippen LogP contribution in [-0.2, 0) is 10.0 Å². The third kappa shape index (κ3) is 5.10. The average molecular weight is 351 g/mol. The second-order valence-electron chi connectivity index (χ2n) is 4.60. The normalized spacial score (nSPS) is 11.9. The lowest BCUT2D eigenvalue weighted by atomic mass is 10.2. The van der Waals surface area contributed by atoms with Crippen molar-refractivity contribution in [3.63, 3.8) is 0 Å². The van der Waals surface area contributed by atoms with E-state index in [4.69, 9.17) is 9.88 Å². The van der Waals surface area contributed by atoms with Gasteiger partial charge in [0, 0.05) is 11.0 Å². The molecule has 1 aromatic carbocycles. The molecule has 0 bridgehead atoms. The van der Waals surface area contributed by atoms with Gasteiger partial charge in [-0.3, -0.25) is 0 Å². The van der Waals surface area contributed by atoms with Gasteiger partial charge in [-0.15, -0.1) is 0 Å². The lowest BCUT2D eigenvalue weighted by molar-refractivity contribution is 0.274. The van der Waals surface area contributed by atoms with Crippen LogP contribution >= 0.6 is 15.9 Å². The highest BCUT2D eigenvalue weighted by molar-refractivity contribution is 9.10. The number of halogens is 1. The summed E-state index contributed by atoms with van der Waals surface area (Å²) in [6.45, 7) is 3.12. The third-order valence-corrected chi connectivity index (χ3v) is 3.88. The molecule has 0 heterocycles. The predicted octanol–water partition coefficient (Wildman–Crippen LogP) is 1.74. The van der Waals surface area contributed by atoms with Crippen LogP contribution in [0.4, 0.5) is 0 Å². The quantitative estimate of drug-likeness (QED) is 0.793. The molecule has 0 spiro atoms. The van der Waals surface area contributed by atoms with Crippen LogP contribution in [0.2, 0.25) is 0 Å². The van der Waals surface area contributed by atoms with Gasteiger partial charge in [0.2, 0.25) is 10.0 Å². The number of hydrogen-bond acceptors (Lipinski definition) is 4. The van der Waals surface area contributed by atoms with Crippen LogP contribution in [0, 0.1) is 6.92 Å². The Labute approximate surface area is 122 Å². The van der Waals surface area contributed by atoms with Gasteiger partial charge in [-0.25, -0.2) is 13.6 Å². The van der Waals surface area contributed by atoms with E-state index >= 15 is 0 Å². The van der Waals surface area contributed by atoms with E-state index in [1.165, 1.54) is 6.07 Å². The molecule has 0 aliphatic carbocycles. The van der Waals surface area contributed by atoms with Crippen molar-refractivity contribution in [2.24, 2.45) is 5.14 Å². The van der Waals surface area contributed by atoms with Crippen molar-refractivity contribution >= 4 is 26.0 Å². The van der Waals surface area contributed by atoms with Gasteiger partial charge < -0.3 is 9.64 Å². The molecule has 7 heteroatoms. The van der Waals surface area contributed by atoms with E-state index in [9.17, 15) is 8.42 Å². The topological polar surface area (TPSA) is 72.6 Å². The van der Waals surface area contributed by atoms with Crippen LogP contribution in [-0.4, -0.2) is 40.6 Å². The third-order valence-electron chi connectivity index (χ3n) is 2.51. The summed E-state index contributed by atoms with van der Waals surface area (Å²) in [5.74, 6) is 0.337. The number of benzene rings is 1. The Morgan fingerprint density at radius 2 is 2.00 bits per heavy atom. The SMILES string of the molecule is Cc1cc(Br)cc(S(N)(=O)=O)c1OCCCN(C)C. The van der Waals surface area contributed by atoms with Gasteiger partial charge in [-0.05, 0) is 45.1 Å². The van der Waals surface area contributed by atoms with Crippen LogP contribution in [0.3, 0.4) is 0 Å². The molecule has 0 fully saturated rings. The summed E-state index contributed by atoms with van der Waals surface area (Å²) in [6, 6.07) is 3.26. The molecule has 0 radical (unpaired) electrons. The maximum absolute atomic E-state index is 11.6. The van der Waals surface area contributed by atoms with Crippen molar-refractivity contribution in [1.82, 2.24) is 4.90 Å². The number of rotatable bonds is 6. The predicted molar refractivity (Wildman–Crippen MR) is 78.9 cm³/mol. The lowest BCUT2D eigenvalue weighted by Gasteiger charge is -2.15. The Morgan fingerprint density at radius 3 is 2.53 bits per heavy atom. The summed E-state index contributed by atoms with van der Waals surface area (Å²) in [4.78, 5) is 2.06. The van der Waals surface area contributed by atoms with Crippen molar-refractivity contribution in [1.29, 1.82) is 0 Å². The first kappa shape index (κ1) is 16.4. The summed E-state index contributed by atoms with van der Waals surface area (Å²) in [7, 11) is 0.148. The molecule has 19 heavy (non-hydrogen) atoms. The van der Waals surface area contributed by atoms with E-state index in [-0.39, 0.29) is 4.90 Å². The van der Waals surface area contributed by atoms with Crippen molar-refractivity contribution in [2.75, 3.05) is 27.2 Å². The minimum Gasteiger partial charge on any atom is -0.492 e. The lowest BCUT2D eigenvalue weighted by Crippen LogP contribution is -2.18. The number of nitrogens with zero attached hydrogens (tertiary/aromatic N) is 1. The number of hydrogen-bond donors (Lipinski definition) is 1. The molecule has 108 valence electrons. The molecular formula is C12H19BrN2O3S. The molecule has 1 rings (SSSR count). The second kappa shape index (κ2) is 6.69. The molecule has 0 saturated heterocycles. The molecular weight excluding hydrogens is 332 g/mol. The summed E-state index contributed by atoms with van der Waals surface area (Å²) in [6.07, 6.45) is 0.812. The summed E-state index contributed by atoms with van der Waals surface area (Å²) in [5, 5.41) is 5.21. The van der Waals surface area contributed by atoms with Crippen molar-refractivity contribution in [3.8, 4) is 5.75 Å². The molecule has 0 unspecified atom stereocenters. The van der Waals surface area contributed by atoms with Gasteiger partial charge in [0.15, 0.2) is 0 Å². The van der Waals surface area contributed by atoms with Crippen LogP contribution in [0.1, 0.15) is 12.0 Å². The Bertz CT molecular complexity index is 544. The van der Waals surface area contributed by atoms with Gasteiger partial charge in [-0.1, -0.05) is 15.9 Å². The fourth-order valence-corrected chi connectivity index (χ4v) is 3.14. The zero-order valence-corrected chi connectivity index (χ0v) is 13.7. The fourth-order valence-electron chi connectivity index (χ4n) is 1.65. The largest absolute Gasteiger partial charge is 0.492 e. The molecule has 1 aromatic rings. The number of aryl methyl sites for hydroxylation is 1. The van der Waals surface area contributed by atoms with E-state index in [0.717, 1.165) is 18.5 Å². The molecule has 0 aliphatic rings. The molecule has 5 nitrogen and oxygen atoms in total. The smallest absolute Gasteiger partial charge is 0.241 e. The van der Waals surface area contributed by atoms with Gasteiger partial charge in [-0.2, -0.15) is 0 Å². The number of primary sulfonamides is 1. The van der Waals surface area contributed by atoms with Crippen molar-refractivity contribution in [2.45, 2.75) is 18.2 Å². The van der Waals surface area contributed by atoms with E-state index in [1.807, 2.05) is 19.0 Å². The summed E-state index contributed by atoms with van der Waals surface area (Å²) >= 11 is 3.26. The Kier molecular flexibility index (Phi) is 5.79. The van der Waals surface area contributed by atoms with Crippen LogP contribution in [0.25, 0.3) is 0 Å². The van der Waals surface area contributed by atoms with E-state index in [2.05, 4.69) is 15.9 Å². The Morgan fingerprint density at radius 1 is 1.37 bits per heavy atom. The highest BCUT2D eigenvalue weighted by atomic mass is 79.9. The van der Waals surface area contributed by atoms with Gasteiger partial charge in [0.05, 0.1) is 6.61 Å². The van der Waals surface area contributed by atoms with E-state index in [0.29, 0.717) is 16.8 Å². The average Bonchev–Trinajstić information content (AvgIpc) is 2.24. The minimum atomic E-state index is -3.80. The molecule has 0 atom stereocenters. The summed E-state index contributed by atoms with van der Waals surface area (Å²) in [5.41, 5.74) is 0.739. The van der Waals surface area contributed by atoms with E-state index in [1.54, 1.807) is 13.0 Å². The van der Waals surface area contributed by atoms with Crippen LogP contribution in [0.5, 0.6) is 5.75 Å². The molecule has 0 aliphatic heterocycles.